The molecule has 1 aromatic carbocycles. The first kappa shape index (κ1) is 49.6. The molecule has 2 fully saturated rings. The Morgan fingerprint density at radius 3 is 1.82 bits per heavy atom. The zero-order chi connectivity index (χ0) is 65.7. The Morgan fingerprint density at radius 2 is 1.38 bits per heavy atom. The van der Waals surface area contributed by atoms with E-state index < -0.39 is 90.2 Å². The SMILES string of the molecule is [2H]CC(=N[2H])NCCCC(N[2H])C(=O)O.[2H]CCCCC(N[2H])C(=O)O.[2H]N1CC(O)CC1C(=O)O.[2H]N1CCCC1C(=O)O.[2H]NC(Cc1c[nH]c2ccccc12)C(=O)O.[2H]NC(Cc1cn([2H])cn1)C(=O)O.[2H]NCCCCC(N[2H])C(=O)O. The van der Waals surface area contributed by atoms with Crippen molar-refractivity contribution in [3.05, 3.63) is 54.2 Å². The van der Waals surface area contributed by atoms with Crippen molar-refractivity contribution in [3.8, 4) is 0 Å². The quantitative estimate of drug-likeness (QED) is 0.0235. The predicted molar refractivity (Wildman–Crippen MR) is 274 cm³/mol. The summed E-state index contributed by atoms with van der Waals surface area (Å²) in [5.41, 5.74) is 14.4. The Morgan fingerprint density at radius 1 is 0.784 bits per heavy atom. The summed E-state index contributed by atoms with van der Waals surface area (Å²) in [6.45, 7) is 1.97. The third kappa shape index (κ3) is 34.7. The topological polar surface area (TPSA) is 542 Å². The van der Waals surface area contributed by atoms with Crippen LogP contribution in [0.5, 0.6) is 0 Å². The minimum absolute atomic E-state index is 0.0947. The van der Waals surface area contributed by atoms with E-state index in [9.17, 15) is 33.6 Å². The lowest BCUT2D eigenvalue weighted by Gasteiger charge is -2.06. The van der Waals surface area contributed by atoms with Gasteiger partial charge < -0.3 is 101 Å². The standard InChI is InChI=1S/C11H12N2O2.C7H15N3O2.C6H9N3O2.C6H14N2O2.C6H13NO2.C5H9NO3.C5H9NO2/c12-9(11(14)15)5-7-6-13-10-4-2-1-3-8(7)10;1-5(8)10-4-2-3-6(9)7(11)12;7-5(6(10)11)1-4-2-8-3-9-4;7-4-2-1-3-5(8)6(9)10;1-2-3-4-5(7)6(8)9;7-3-1-4(5(8)9)6-2-3;7-5(8)4-2-1-3-6-4/h1-4,6,9,13H,5,12H2,(H,14,15);6H,2-4,9H2,1H3,(H2,8,10)(H,11,12);2-3,5H,1,7H2,(H,8,9)(H,10,11);5H,1-4,7-8H2,(H,9,10);5H,2-4,7H2,1H3,(H,8,9);3-4,6-7H,1-2H2,(H,8,9);4,6H,1-3H2,(H,7,8)/i;1D;;;1D;;/hD10. The normalized spacial score (nSPS) is 20.1. The van der Waals surface area contributed by atoms with Crippen LogP contribution in [0.25, 0.3) is 10.9 Å². The van der Waals surface area contributed by atoms with Gasteiger partial charge in [-0.05, 0) is 76.6 Å². The van der Waals surface area contributed by atoms with Crippen LogP contribution in [0.4, 0.5) is 0 Å². The first-order valence-corrected chi connectivity index (χ1v) is 23.0. The predicted octanol–water partition coefficient (Wildman–Crippen LogP) is -1.02. The van der Waals surface area contributed by atoms with Crippen LogP contribution in [0, 0.1) is 5.40 Å². The maximum absolute atomic E-state index is 10.8. The second kappa shape index (κ2) is 40.8. The maximum Gasteiger partial charge on any atom is 0.320 e. The summed E-state index contributed by atoms with van der Waals surface area (Å²) >= 11 is 0. The van der Waals surface area contributed by atoms with Crippen molar-refractivity contribution >= 4 is 58.5 Å². The molecule has 0 spiro atoms. The van der Waals surface area contributed by atoms with E-state index in [0.29, 0.717) is 90.0 Å². The van der Waals surface area contributed by atoms with Crippen LogP contribution in [0.3, 0.4) is 0 Å². The number of carbonyl (C=O) groups is 7. The molecule has 8 atom stereocenters. The number of H-pyrrole nitrogens is 2. The van der Waals surface area contributed by atoms with E-state index in [1.807, 2.05) is 52.9 Å². The monoisotopic (exact) mass is 1070 g/mol. The van der Waals surface area contributed by atoms with Gasteiger partial charge in [0.1, 0.15) is 53.6 Å². The molecule has 2 aromatic heterocycles. The van der Waals surface area contributed by atoms with Crippen molar-refractivity contribution in [1.29, 1.82) is 5.40 Å². The molecule has 2 saturated heterocycles. The van der Waals surface area contributed by atoms with E-state index in [1.165, 1.54) is 12.5 Å². The molecule has 3 aromatic rings. The van der Waals surface area contributed by atoms with Crippen molar-refractivity contribution in [2.45, 2.75) is 146 Å². The zero-order valence-electron chi connectivity index (χ0n) is 52.8. The van der Waals surface area contributed by atoms with Gasteiger partial charge in [-0.3, -0.25) is 39.0 Å². The second-order valence-corrected chi connectivity index (χ2v) is 16.0. The summed E-state index contributed by atoms with van der Waals surface area (Å²) < 4.78 is 81.9. The molecule has 5 rings (SSSR count). The van der Waals surface area contributed by atoms with Gasteiger partial charge >= 0.3 is 41.8 Å². The summed E-state index contributed by atoms with van der Waals surface area (Å²) in [7, 11) is 0. The van der Waals surface area contributed by atoms with Crippen LogP contribution in [0.1, 0.15) is 98.4 Å². The number of hydrogen-bond acceptors (Lipinski definition) is 18. The summed E-state index contributed by atoms with van der Waals surface area (Å²) in [6, 6.07) is 2.03. The number of aromatic nitrogens is 3. The van der Waals surface area contributed by atoms with Crippen LogP contribution >= 0.6 is 0 Å². The number of aliphatic hydroxyl groups excluding tert-OH is 1. The summed E-state index contributed by atoms with van der Waals surface area (Å²) in [5.74, 6) is -6.82. The minimum Gasteiger partial charge on any atom is -0.480 e. The molecule has 2 aliphatic rings. The summed E-state index contributed by atoms with van der Waals surface area (Å²) in [6.07, 6.45) is 10.4. The number of fused-ring (bicyclic) bond motifs is 1. The number of imidazole rings is 1. The Kier molecular flexibility index (Phi) is 27.3. The molecular weight excluding hydrogens is 975 g/mol. The van der Waals surface area contributed by atoms with E-state index in [1.54, 1.807) is 6.20 Å². The largest absolute Gasteiger partial charge is 0.480 e. The molecule has 0 amide bonds. The van der Waals surface area contributed by atoms with Gasteiger partial charge in [0, 0.05) is 58.4 Å². The highest BCUT2D eigenvalue weighted by Gasteiger charge is 2.27. The number of hydrogen-bond donors (Lipinski definition) is 20. The van der Waals surface area contributed by atoms with Crippen LogP contribution in [0.15, 0.2) is 43.0 Å². The average molecular weight is 1070 g/mol. The fraction of sp³-hybridized carbons (Fsp3) is 0.587. The second-order valence-electron chi connectivity index (χ2n) is 16.0. The fourth-order valence-electron chi connectivity index (χ4n) is 5.66. The molecule has 28 heteroatoms. The highest BCUT2D eigenvalue weighted by molar-refractivity contribution is 5.84. The number of aliphatic hydroxyl groups is 1. The molecule has 420 valence electrons. The van der Waals surface area contributed by atoms with Gasteiger partial charge in [-0.15, -0.1) is 0 Å². The number of benzene rings is 1. The number of rotatable bonds is 28. The molecule has 0 aliphatic carbocycles. The number of nitrogens with zero attached hydrogens (tertiary/aromatic N) is 1. The molecule has 0 radical (unpaired) electrons. The van der Waals surface area contributed by atoms with Crippen LogP contribution in [0.2, 0.25) is 14.1 Å². The maximum atomic E-state index is 10.8. The lowest BCUT2D eigenvalue weighted by atomic mass is 10.1. The van der Waals surface area contributed by atoms with Crippen LogP contribution in [-0.2, 0) is 46.4 Å². The van der Waals surface area contributed by atoms with Gasteiger partial charge in [0.15, 0.2) is 2.82 Å². The fourth-order valence-corrected chi connectivity index (χ4v) is 5.66. The Balaban J connectivity index is 0. The average Bonchev–Trinajstić information content (AvgIpc) is 4.38. The van der Waals surface area contributed by atoms with Crippen molar-refractivity contribution in [3.63, 3.8) is 0 Å². The lowest BCUT2D eigenvalue weighted by Crippen LogP contribution is -2.32. The first-order chi connectivity index (χ1) is 40.8. The summed E-state index contributed by atoms with van der Waals surface area (Å²) in [5, 5.41) is 77.5. The highest BCUT2D eigenvalue weighted by Crippen LogP contribution is 2.18. The van der Waals surface area contributed by atoms with E-state index in [4.69, 9.17) is 57.7 Å². The van der Waals surface area contributed by atoms with Crippen LogP contribution < -0.4 is 50.3 Å². The number of carboxylic acids is 7. The molecule has 28 nitrogen and oxygen atoms in total. The molecule has 0 bridgehead atoms. The Bertz CT molecular complexity index is 2430. The van der Waals surface area contributed by atoms with Crippen molar-refractivity contribution in [1.82, 2.24) is 30.9 Å². The molecule has 74 heavy (non-hydrogen) atoms. The number of para-hydroxylation sites is 1. The lowest BCUT2D eigenvalue weighted by molar-refractivity contribution is -0.140. The van der Waals surface area contributed by atoms with E-state index >= 15 is 0 Å². The van der Waals surface area contributed by atoms with E-state index in [-0.39, 0.29) is 32.1 Å². The van der Waals surface area contributed by atoms with Crippen LogP contribution in [-0.4, -0.2) is 178 Å². The van der Waals surface area contributed by atoms with Crippen molar-refractivity contribution in [2.24, 2.45) is 34.4 Å². The van der Waals surface area contributed by atoms with Crippen molar-refractivity contribution < 1.29 is 91.3 Å². The smallest absolute Gasteiger partial charge is 0.320 e. The van der Waals surface area contributed by atoms with E-state index in [0.717, 1.165) is 44.9 Å². The van der Waals surface area contributed by atoms with Gasteiger partial charge in [0.2, 0.25) is 0 Å². The van der Waals surface area contributed by atoms with Gasteiger partial charge in [-0.2, -0.15) is 0 Å². The highest BCUT2D eigenvalue weighted by atomic mass is 16.4. The van der Waals surface area contributed by atoms with Gasteiger partial charge in [-0.1, -0.05) is 44.4 Å². The number of carboxylic acid groups (broad SMARTS) is 7. The number of β-amino-alcohol motifs (C(OH)–C–C–N with tert-alkyl or cyclic N) is 1. The molecule has 0 saturated carbocycles. The molecule has 4 heterocycles. The van der Waals surface area contributed by atoms with Crippen molar-refractivity contribution in [2.75, 3.05) is 26.2 Å². The number of aromatic amines is 2. The molecule has 2 aliphatic heterocycles. The molecule has 26 N–H and O–H groups in total. The zero-order valence-corrected chi connectivity index (χ0v) is 40.8. The molecule has 8 unspecified atom stereocenters. The van der Waals surface area contributed by atoms with Gasteiger partial charge in [0.05, 0.1) is 24.0 Å². The molecular formula is C46H81N13O15. The number of aliphatic carboxylic acids is 7. The number of nitrogens with two attached hydrogens (primary N) is 6. The number of unbranched alkanes of at least 4 members (excludes halogenated alkanes) is 2. The number of nitrogens with one attached hydrogen (secondary N) is 6. The third-order valence-electron chi connectivity index (χ3n) is 9.76. The summed E-state index contributed by atoms with van der Waals surface area (Å²) in [4.78, 5) is 80.8. The third-order valence-corrected chi connectivity index (χ3v) is 9.76. The van der Waals surface area contributed by atoms with Gasteiger partial charge in [0.25, 0.3) is 0 Å². The van der Waals surface area contributed by atoms with E-state index in [2.05, 4.69) is 26.4 Å². The number of amidine groups is 1. The Hall–Kier alpha value is -6.63. The minimum atomic E-state index is -1.10. The van der Waals surface area contributed by atoms with Gasteiger partial charge in [-0.25, -0.2) is 4.98 Å². The Labute approximate surface area is 446 Å². The first-order valence-electron chi connectivity index (χ1n) is 29.2.